The van der Waals surface area contributed by atoms with Gasteiger partial charge in [-0.2, -0.15) is 0 Å². The van der Waals surface area contributed by atoms with Crippen molar-refractivity contribution in [2.24, 2.45) is 14.1 Å². The maximum atomic E-state index is 12.7. The van der Waals surface area contributed by atoms with Crippen molar-refractivity contribution in [3.63, 3.8) is 0 Å². The summed E-state index contributed by atoms with van der Waals surface area (Å²) in [6, 6.07) is 15.3. The molecule has 0 unspecified atom stereocenters. The summed E-state index contributed by atoms with van der Waals surface area (Å²) in [5.74, 6) is 0. The van der Waals surface area contributed by atoms with E-state index in [0.717, 1.165) is 45.7 Å². The number of fused-ring (bicyclic) bond motifs is 1. The van der Waals surface area contributed by atoms with Crippen LogP contribution in [-0.2, 0) is 30.7 Å². The van der Waals surface area contributed by atoms with Crippen molar-refractivity contribution in [3.8, 4) is 0 Å². The third-order valence-corrected chi connectivity index (χ3v) is 7.67. The molecule has 1 aliphatic rings. The molecule has 2 heterocycles. The van der Waals surface area contributed by atoms with Crippen LogP contribution in [0.4, 0.5) is 0 Å². The number of hydrogen-bond donors (Lipinski definition) is 1. The Morgan fingerprint density at radius 2 is 1.53 bits per heavy atom. The van der Waals surface area contributed by atoms with Crippen molar-refractivity contribution in [1.29, 1.82) is 0 Å². The first kappa shape index (κ1) is 22.7. The van der Waals surface area contributed by atoms with Gasteiger partial charge in [-0.3, -0.25) is 14.0 Å². The molecule has 0 bridgehead atoms. The van der Waals surface area contributed by atoms with Crippen LogP contribution in [0, 0.1) is 0 Å². The number of nitrogens with zero attached hydrogens (tertiary/aromatic N) is 4. The number of sulfonamides is 1. The van der Waals surface area contributed by atoms with Crippen molar-refractivity contribution in [3.05, 3.63) is 64.6 Å². The van der Waals surface area contributed by atoms with E-state index < -0.39 is 10.0 Å². The fraction of sp³-hybridized carbons (Fsp3) is 0.435. The number of benzene rings is 2. The van der Waals surface area contributed by atoms with Crippen molar-refractivity contribution < 1.29 is 8.42 Å². The van der Waals surface area contributed by atoms with Gasteiger partial charge in [0.1, 0.15) is 0 Å². The van der Waals surface area contributed by atoms with Crippen LogP contribution < -0.4 is 10.4 Å². The highest BCUT2D eigenvalue weighted by Gasteiger charge is 2.19. The van der Waals surface area contributed by atoms with Gasteiger partial charge in [-0.15, -0.1) is 0 Å². The maximum absolute atomic E-state index is 12.7. The molecule has 0 spiro atoms. The number of piperazine rings is 1. The van der Waals surface area contributed by atoms with Crippen LogP contribution in [0.15, 0.2) is 58.2 Å². The third-order valence-electron chi connectivity index (χ3n) is 6.21. The average Bonchev–Trinajstić information content (AvgIpc) is 3.02. The second-order valence-corrected chi connectivity index (χ2v) is 10.2. The Labute approximate surface area is 189 Å². The van der Waals surface area contributed by atoms with Gasteiger partial charge in [0.2, 0.25) is 10.0 Å². The summed E-state index contributed by atoms with van der Waals surface area (Å²) in [4.78, 5) is 17.1. The summed E-state index contributed by atoms with van der Waals surface area (Å²) in [5, 5.41) is 0. The average molecular weight is 458 g/mol. The molecule has 1 fully saturated rings. The van der Waals surface area contributed by atoms with E-state index in [0.29, 0.717) is 17.6 Å². The van der Waals surface area contributed by atoms with Crippen LogP contribution >= 0.6 is 0 Å². The van der Waals surface area contributed by atoms with Crippen LogP contribution in [-0.4, -0.2) is 66.6 Å². The second kappa shape index (κ2) is 9.58. The van der Waals surface area contributed by atoms with Crippen LogP contribution in [0.25, 0.3) is 11.0 Å². The Balaban J connectivity index is 1.24. The van der Waals surface area contributed by atoms with Gasteiger partial charge in [-0.25, -0.2) is 17.9 Å². The van der Waals surface area contributed by atoms with Crippen LogP contribution in [0.3, 0.4) is 0 Å². The Hall–Kier alpha value is -2.46. The van der Waals surface area contributed by atoms with E-state index >= 15 is 0 Å². The molecule has 172 valence electrons. The molecule has 0 amide bonds. The van der Waals surface area contributed by atoms with Crippen molar-refractivity contribution in [2.75, 3.05) is 39.3 Å². The number of rotatable bonds is 8. The molecule has 1 aliphatic heterocycles. The lowest BCUT2D eigenvalue weighted by Gasteiger charge is -2.34. The Kier molecular flexibility index (Phi) is 6.80. The molecule has 0 atom stereocenters. The molecule has 8 nitrogen and oxygen atoms in total. The molecule has 1 aromatic heterocycles. The second-order valence-electron chi connectivity index (χ2n) is 8.41. The molecule has 0 saturated carbocycles. The minimum absolute atomic E-state index is 0.175. The number of imidazole rings is 1. The summed E-state index contributed by atoms with van der Waals surface area (Å²) in [5.41, 5.74) is 2.48. The first-order chi connectivity index (χ1) is 15.3. The molecule has 0 aliphatic carbocycles. The largest absolute Gasteiger partial charge is 0.328 e. The van der Waals surface area contributed by atoms with Gasteiger partial charge >= 0.3 is 5.69 Å². The normalized spacial score (nSPS) is 16.1. The SMILES string of the molecule is Cn1c(=O)n(C)c2cc(S(=O)(=O)NCCCN3CCN(Cc4ccccc4)CC3)ccc21. The zero-order valence-corrected chi connectivity index (χ0v) is 19.5. The first-order valence-corrected chi connectivity index (χ1v) is 12.5. The number of nitrogens with one attached hydrogen (secondary N) is 1. The quantitative estimate of drug-likeness (QED) is 0.517. The van der Waals surface area contributed by atoms with Gasteiger partial charge in [0.05, 0.1) is 15.9 Å². The zero-order valence-electron chi connectivity index (χ0n) is 18.7. The molecule has 1 N–H and O–H groups in total. The van der Waals surface area contributed by atoms with Crippen molar-refractivity contribution >= 4 is 21.1 Å². The molecule has 1 saturated heterocycles. The van der Waals surface area contributed by atoms with Crippen LogP contribution in [0.2, 0.25) is 0 Å². The predicted octanol–water partition coefficient (Wildman–Crippen LogP) is 1.36. The van der Waals surface area contributed by atoms with Crippen molar-refractivity contribution in [2.45, 2.75) is 17.9 Å². The smallest absolute Gasteiger partial charge is 0.301 e. The molecular formula is C23H31N5O3S. The molecule has 2 aromatic carbocycles. The van der Waals surface area contributed by atoms with E-state index in [-0.39, 0.29) is 10.6 Å². The highest BCUT2D eigenvalue weighted by atomic mass is 32.2. The zero-order chi connectivity index (χ0) is 22.7. The highest BCUT2D eigenvalue weighted by Crippen LogP contribution is 2.17. The predicted molar refractivity (Wildman–Crippen MR) is 126 cm³/mol. The fourth-order valence-corrected chi connectivity index (χ4v) is 5.35. The lowest BCUT2D eigenvalue weighted by molar-refractivity contribution is 0.126. The van der Waals surface area contributed by atoms with E-state index in [4.69, 9.17) is 0 Å². The minimum Gasteiger partial charge on any atom is -0.301 e. The summed E-state index contributed by atoms with van der Waals surface area (Å²) < 4.78 is 31.1. The van der Waals surface area contributed by atoms with Crippen LogP contribution in [0.1, 0.15) is 12.0 Å². The van der Waals surface area contributed by atoms with Gasteiger partial charge in [0.25, 0.3) is 0 Å². The van der Waals surface area contributed by atoms with Gasteiger partial charge in [0.15, 0.2) is 0 Å². The van der Waals surface area contributed by atoms with E-state index in [2.05, 4.69) is 38.8 Å². The molecule has 0 radical (unpaired) electrons. The molecule has 9 heteroatoms. The maximum Gasteiger partial charge on any atom is 0.328 e. The van der Waals surface area contributed by atoms with Gasteiger partial charge in [-0.05, 0) is 36.7 Å². The Morgan fingerprint density at radius 3 is 2.25 bits per heavy atom. The summed E-state index contributed by atoms with van der Waals surface area (Å²) in [6.07, 6.45) is 0.754. The highest BCUT2D eigenvalue weighted by molar-refractivity contribution is 7.89. The number of hydrogen-bond acceptors (Lipinski definition) is 5. The number of aryl methyl sites for hydroxylation is 2. The monoisotopic (exact) mass is 457 g/mol. The van der Waals surface area contributed by atoms with Crippen LogP contribution in [0.5, 0.6) is 0 Å². The fourth-order valence-electron chi connectivity index (χ4n) is 4.26. The Morgan fingerprint density at radius 1 is 0.875 bits per heavy atom. The summed E-state index contributed by atoms with van der Waals surface area (Å²) >= 11 is 0. The third kappa shape index (κ3) is 4.96. The summed E-state index contributed by atoms with van der Waals surface area (Å²) in [7, 11) is -0.294. The first-order valence-electron chi connectivity index (χ1n) is 11.0. The van der Waals surface area contributed by atoms with Gasteiger partial charge < -0.3 is 4.90 Å². The lowest BCUT2D eigenvalue weighted by atomic mass is 10.2. The number of aromatic nitrogens is 2. The standard InChI is InChI=1S/C23H31N5O3S/c1-25-21-10-9-20(17-22(21)26(2)23(25)29)32(30,31)24-11-6-12-27-13-15-28(16-14-27)18-19-7-4-3-5-8-19/h3-5,7-10,17,24H,6,11-16,18H2,1-2H3. The molecular weight excluding hydrogens is 426 g/mol. The van der Waals surface area contributed by atoms with Gasteiger partial charge in [-0.1, -0.05) is 30.3 Å². The topological polar surface area (TPSA) is 79.6 Å². The molecule has 32 heavy (non-hydrogen) atoms. The van der Waals surface area contributed by atoms with E-state index in [1.165, 1.54) is 14.7 Å². The Bertz CT molecular complexity index is 1230. The molecule has 4 rings (SSSR count). The van der Waals surface area contributed by atoms with Gasteiger partial charge in [0, 0.05) is 53.4 Å². The van der Waals surface area contributed by atoms with Crippen molar-refractivity contribution in [1.82, 2.24) is 23.7 Å². The summed E-state index contributed by atoms with van der Waals surface area (Å²) in [6.45, 7) is 6.28. The van der Waals surface area contributed by atoms with E-state index in [1.54, 1.807) is 32.3 Å². The lowest BCUT2D eigenvalue weighted by Crippen LogP contribution is -2.46. The van der Waals surface area contributed by atoms with E-state index in [1.807, 2.05) is 6.07 Å². The molecule has 3 aromatic rings. The van der Waals surface area contributed by atoms with E-state index in [9.17, 15) is 13.2 Å². The minimum atomic E-state index is -3.62.